The van der Waals surface area contributed by atoms with E-state index in [0.29, 0.717) is 57.2 Å². The van der Waals surface area contributed by atoms with Crippen LogP contribution in [0.5, 0.6) is 0 Å². The van der Waals surface area contributed by atoms with Crippen LogP contribution in [0.2, 0.25) is 0 Å². The normalized spacial score (nSPS) is 18.8. The van der Waals surface area contributed by atoms with E-state index in [9.17, 15) is 4.79 Å². The van der Waals surface area contributed by atoms with Crippen LogP contribution in [0.15, 0.2) is 36.8 Å². The Morgan fingerprint density at radius 2 is 1.96 bits per heavy atom. The first-order valence-electron chi connectivity index (χ1n) is 8.77. The third kappa shape index (κ3) is 3.66. The summed E-state index contributed by atoms with van der Waals surface area (Å²) < 4.78 is 11.4. The van der Waals surface area contributed by atoms with Crippen molar-refractivity contribution in [3.8, 4) is 0 Å². The molecule has 8 nitrogen and oxygen atoms in total. The molecular weight excluding hydrogens is 334 g/mol. The highest BCUT2D eigenvalue weighted by atomic mass is 16.7. The molecule has 0 bridgehead atoms. The maximum absolute atomic E-state index is 12.7. The van der Waals surface area contributed by atoms with E-state index in [0.717, 1.165) is 5.69 Å². The van der Waals surface area contributed by atoms with Crippen molar-refractivity contribution in [2.24, 2.45) is 0 Å². The molecule has 2 aromatic rings. The zero-order valence-corrected chi connectivity index (χ0v) is 14.4. The van der Waals surface area contributed by atoms with Crippen molar-refractivity contribution in [1.29, 1.82) is 0 Å². The molecule has 4 heterocycles. The maximum atomic E-state index is 12.7. The largest absolute Gasteiger partial charge is 0.364 e. The zero-order chi connectivity index (χ0) is 17.8. The predicted molar refractivity (Wildman–Crippen MR) is 93.4 cm³/mol. The third-order valence-electron chi connectivity index (χ3n) is 4.69. The molecule has 2 aliphatic rings. The number of nitrogens with one attached hydrogen (secondary N) is 1. The second-order valence-corrected chi connectivity index (χ2v) is 6.36. The van der Waals surface area contributed by atoms with Crippen LogP contribution in [0.4, 0.5) is 5.82 Å². The molecule has 0 radical (unpaired) electrons. The van der Waals surface area contributed by atoms with Crippen molar-refractivity contribution in [3.05, 3.63) is 48.2 Å². The molecule has 0 aliphatic carbocycles. The molecule has 136 valence electrons. The van der Waals surface area contributed by atoms with E-state index >= 15 is 0 Å². The van der Waals surface area contributed by atoms with Gasteiger partial charge in [0.25, 0.3) is 5.91 Å². The van der Waals surface area contributed by atoms with Gasteiger partial charge in [-0.1, -0.05) is 6.07 Å². The molecule has 1 N–H and O–H groups in total. The van der Waals surface area contributed by atoms with Gasteiger partial charge < -0.3 is 19.7 Å². The van der Waals surface area contributed by atoms with Gasteiger partial charge in [0.1, 0.15) is 17.8 Å². The highest BCUT2D eigenvalue weighted by Gasteiger charge is 2.41. The summed E-state index contributed by atoms with van der Waals surface area (Å²) in [5, 5.41) is 3.17. The number of anilines is 1. The fourth-order valence-corrected chi connectivity index (χ4v) is 3.25. The molecule has 1 spiro atoms. The van der Waals surface area contributed by atoms with E-state index < -0.39 is 5.79 Å². The van der Waals surface area contributed by atoms with Gasteiger partial charge in [0.05, 0.1) is 25.5 Å². The van der Waals surface area contributed by atoms with Crippen molar-refractivity contribution in [1.82, 2.24) is 19.9 Å². The first-order chi connectivity index (χ1) is 12.7. The Morgan fingerprint density at radius 1 is 1.15 bits per heavy atom. The van der Waals surface area contributed by atoms with Crippen LogP contribution >= 0.6 is 0 Å². The number of hydrogen-bond donors (Lipinski definition) is 1. The first-order valence-corrected chi connectivity index (χ1v) is 8.77. The van der Waals surface area contributed by atoms with Crippen LogP contribution in [0.1, 0.15) is 29.0 Å². The molecule has 26 heavy (non-hydrogen) atoms. The molecule has 1 amide bonds. The lowest BCUT2D eigenvalue weighted by atomic mass is 10.0. The van der Waals surface area contributed by atoms with Crippen LogP contribution in [-0.2, 0) is 16.0 Å². The van der Waals surface area contributed by atoms with Crippen LogP contribution < -0.4 is 5.32 Å². The molecule has 4 rings (SSSR count). The Bertz CT molecular complexity index is 754. The number of rotatable bonds is 4. The van der Waals surface area contributed by atoms with Crippen molar-refractivity contribution < 1.29 is 14.3 Å². The third-order valence-corrected chi connectivity index (χ3v) is 4.69. The lowest BCUT2D eigenvalue weighted by molar-refractivity contribution is -0.181. The van der Waals surface area contributed by atoms with Crippen molar-refractivity contribution in [2.45, 2.75) is 25.2 Å². The fraction of sp³-hybridized carbons (Fsp3) is 0.444. The SMILES string of the molecule is O=C(c1cc(NCc2ccccn2)ncn1)N1CCC2(CC1)OCCO2. The number of carbonyl (C=O) groups excluding carboxylic acids is 1. The smallest absolute Gasteiger partial charge is 0.272 e. The summed E-state index contributed by atoms with van der Waals surface area (Å²) >= 11 is 0. The van der Waals surface area contributed by atoms with Gasteiger partial charge >= 0.3 is 0 Å². The van der Waals surface area contributed by atoms with E-state index in [2.05, 4.69) is 20.3 Å². The average molecular weight is 355 g/mol. The number of pyridine rings is 1. The van der Waals surface area contributed by atoms with Gasteiger partial charge in [0.15, 0.2) is 5.79 Å². The minimum atomic E-state index is -0.488. The first kappa shape index (κ1) is 16.9. The molecule has 0 atom stereocenters. The second-order valence-electron chi connectivity index (χ2n) is 6.36. The van der Waals surface area contributed by atoms with E-state index in [1.807, 2.05) is 18.2 Å². The summed E-state index contributed by atoms with van der Waals surface area (Å²) in [4.78, 5) is 27.1. The Kier molecular flexibility index (Phi) is 4.77. The summed E-state index contributed by atoms with van der Waals surface area (Å²) in [6.07, 6.45) is 4.53. The summed E-state index contributed by atoms with van der Waals surface area (Å²) in [7, 11) is 0. The lowest BCUT2D eigenvalue weighted by Crippen LogP contribution is -2.47. The second kappa shape index (κ2) is 7.35. The zero-order valence-electron chi connectivity index (χ0n) is 14.4. The minimum absolute atomic E-state index is 0.0962. The summed E-state index contributed by atoms with van der Waals surface area (Å²) in [5.74, 6) is 0.0174. The minimum Gasteiger partial charge on any atom is -0.364 e. The van der Waals surface area contributed by atoms with Gasteiger partial charge in [-0.15, -0.1) is 0 Å². The van der Waals surface area contributed by atoms with Crippen molar-refractivity contribution in [3.63, 3.8) is 0 Å². The Hall–Kier alpha value is -2.58. The monoisotopic (exact) mass is 355 g/mol. The van der Waals surface area contributed by atoms with E-state index in [4.69, 9.17) is 9.47 Å². The quantitative estimate of drug-likeness (QED) is 0.888. The maximum Gasteiger partial charge on any atom is 0.272 e. The van der Waals surface area contributed by atoms with Crippen molar-refractivity contribution in [2.75, 3.05) is 31.6 Å². The number of aromatic nitrogens is 3. The van der Waals surface area contributed by atoms with Gasteiger partial charge in [0, 0.05) is 38.2 Å². The van der Waals surface area contributed by atoms with Gasteiger partial charge in [-0.2, -0.15) is 0 Å². The fourth-order valence-electron chi connectivity index (χ4n) is 3.25. The van der Waals surface area contributed by atoms with Crippen LogP contribution in [0.3, 0.4) is 0 Å². The standard InChI is InChI=1S/C18H21N5O3/c24-17(23-7-4-18(5-8-23)25-9-10-26-18)15-11-16(22-13-21-15)20-12-14-3-1-2-6-19-14/h1-3,6,11,13H,4-5,7-10,12H2,(H,20,21,22). The van der Waals surface area contributed by atoms with Crippen LogP contribution in [-0.4, -0.2) is 57.8 Å². The molecular formula is C18H21N5O3. The number of nitrogens with zero attached hydrogens (tertiary/aromatic N) is 4. The molecule has 0 unspecified atom stereocenters. The number of amides is 1. The molecule has 2 aromatic heterocycles. The number of hydrogen-bond acceptors (Lipinski definition) is 7. The molecule has 8 heteroatoms. The van der Waals surface area contributed by atoms with E-state index in [1.165, 1.54) is 6.33 Å². The Balaban J connectivity index is 1.37. The van der Waals surface area contributed by atoms with Gasteiger partial charge in [-0.25, -0.2) is 9.97 Å². The average Bonchev–Trinajstić information content (AvgIpc) is 3.15. The van der Waals surface area contributed by atoms with Crippen LogP contribution in [0.25, 0.3) is 0 Å². The van der Waals surface area contributed by atoms with Gasteiger partial charge in [0.2, 0.25) is 0 Å². The van der Waals surface area contributed by atoms with E-state index in [-0.39, 0.29) is 5.91 Å². The summed E-state index contributed by atoms with van der Waals surface area (Å²) in [6, 6.07) is 7.41. The molecule has 0 saturated carbocycles. The molecule has 0 aromatic carbocycles. The van der Waals surface area contributed by atoms with Gasteiger partial charge in [-0.05, 0) is 12.1 Å². The highest BCUT2D eigenvalue weighted by molar-refractivity contribution is 5.93. The van der Waals surface area contributed by atoms with E-state index in [1.54, 1.807) is 17.2 Å². The Labute approximate surface area is 151 Å². The number of piperidine rings is 1. The Morgan fingerprint density at radius 3 is 2.69 bits per heavy atom. The number of carbonyl (C=O) groups is 1. The molecule has 2 fully saturated rings. The summed E-state index contributed by atoms with van der Waals surface area (Å²) in [6.45, 7) is 2.99. The predicted octanol–water partition coefficient (Wildman–Crippen LogP) is 1.46. The lowest BCUT2D eigenvalue weighted by Gasteiger charge is -2.37. The van der Waals surface area contributed by atoms with Crippen molar-refractivity contribution >= 4 is 11.7 Å². The number of likely N-dealkylation sites (tertiary alicyclic amines) is 1. The molecule has 2 saturated heterocycles. The molecule has 2 aliphatic heterocycles. The van der Waals surface area contributed by atoms with Crippen LogP contribution in [0, 0.1) is 0 Å². The number of ether oxygens (including phenoxy) is 2. The highest BCUT2D eigenvalue weighted by Crippen LogP contribution is 2.31. The van der Waals surface area contributed by atoms with Gasteiger partial charge in [-0.3, -0.25) is 9.78 Å². The topological polar surface area (TPSA) is 89.5 Å². The summed E-state index contributed by atoms with van der Waals surface area (Å²) in [5.41, 5.74) is 1.28.